The summed E-state index contributed by atoms with van der Waals surface area (Å²) in [6.07, 6.45) is 3.04. The van der Waals surface area contributed by atoms with E-state index in [9.17, 15) is 4.79 Å². The van der Waals surface area contributed by atoms with E-state index >= 15 is 0 Å². The molecule has 0 bridgehead atoms. The number of thioether (sulfide) groups is 1. The van der Waals surface area contributed by atoms with Crippen molar-refractivity contribution in [1.82, 2.24) is 9.55 Å². The van der Waals surface area contributed by atoms with Crippen LogP contribution in [0.4, 0.5) is 0 Å². The van der Waals surface area contributed by atoms with Crippen molar-refractivity contribution in [3.8, 4) is 0 Å². The molecule has 6 heteroatoms. The molecule has 1 atom stereocenters. The Morgan fingerprint density at radius 2 is 2.59 bits per heavy atom. The van der Waals surface area contributed by atoms with Crippen molar-refractivity contribution in [2.45, 2.75) is 25.0 Å². The van der Waals surface area contributed by atoms with Gasteiger partial charge in [0.1, 0.15) is 0 Å². The zero-order valence-corrected chi connectivity index (χ0v) is 10.6. The van der Waals surface area contributed by atoms with Gasteiger partial charge in [0.15, 0.2) is 5.16 Å². The van der Waals surface area contributed by atoms with E-state index in [0.29, 0.717) is 5.92 Å². The minimum absolute atomic E-state index is 0.0532. The number of hydrogen-bond acceptors (Lipinski definition) is 4. The molecule has 0 aliphatic carbocycles. The number of nitrogens with zero attached hydrogens (tertiary/aromatic N) is 2. The smallest absolute Gasteiger partial charge is 0.313 e. The lowest BCUT2D eigenvalue weighted by Crippen LogP contribution is -2.11. The first-order chi connectivity index (χ1) is 8.15. The zero-order valence-electron chi connectivity index (χ0n) is 9.76. The van der Waals surface area contributed by atoms with E-state index in [2.05, 4.69) is 4.98 Å². The number of ether oxygens (including phenoxy) is 1. The molecular weight excluding hydrogens is 240 g/mol. The summed E-state index contributed by atoms with van der Waals surface area (Å²) in [5.74, 6) is -0.239. The van der Waals surface area contributed by atoms with Crippen LogP contribution in [0.1, 0.15) is 12.1 Å². The van der Waals surface area contributed by atoms with E-state index in [1.54, 1.807) is 0 Å². The fraction of sp³-hybridized carbons (Fsp3) is 0.636. The number of aryl methyl sites for hydroxylation is 1. The van der Waals surface area contributed by atoms with Gasteiger partial charge in [-0.15, -0.1) is 0 Å². The van der Waals surface area contributed by atoms with Gasteiger partial charge in [0, 0.05) is 25.3 Å². The van der Waals surface area contributed by atoms with Crippen molar-refractivity contribution in [2.75, 3.05) is 19.0 Å². The molecule has 1 unspecified atom stereocenters. The first-order valence-corrected chi connectivity index (χ1v) is 6.60. The SMILES string of the molecule is Cc1cn(CC2CCOC2)c(SCC(=O)O)n1. The number of carbonyl (C=O) groups is 1. The average molecular weight is 256 g/mol. The molecule has 1 aromatic rings. The van der Waals surface area contributed by atoms with Gasteiger partial charge in [0.2, 0.25) is 0 Å². The van der Waals surface area contributed by atoms with Crippen LogP contribution in [0.25, 0.3) is 0 Å². The Labute approximate surface area is 104 Å². The zero-order chi connectivity index (χ0) is 12.3. The van der Waals surface area contributed by atoms with Crippen molar-refractivity contribution in [3.05, 3.63) is 11.9 Å². The molecule has 1 aliphatic rings. The standard InChI is InChI=1S/C11H16N2O3S/c1-8-4-13(5-9-2-3-16-6-9)11(12-8)17-7-10(14)15/h4,9H,2-3,5-7H2,1H3,(H,14,15). The predicted molar refractivity (Wildman–Crippen MR) is 64.2 cm³/mol. The maximum absolute atomic E-state index is 10.6. The van der Waals surface area contributed by atoms with Crippen molar-refractivity contribution >= 4 is 17.7 Å². The summed E-state index contributed by atoms with van der Waals surface area (Å²) < 4.78 is 7.38. The molecule has 17 heavy (non-hydrogen) atoms. The van der Waals surface area contributed by atoms with Gasteiger partial charge in [-0.25, -0.2) is 4.98 Å². The third kappa shape index (κ3) is 3.47. The molecule has 0 spiro atoms. The quantitative estimate of drug-likeness (QED) is 0.807. The average Bonchev–Trinajstić information content (AvgIpc) is 2.86. The normalized spacial score (nSPS) is 19.7. The van der Waals surface area contributed by atoms with Crippen LogP contribution in [0.3, 0.4) is 0 Å². The lowest BCUT2D eigenvalue weighted by atomic mass is 10.1. The molecule has 1 aliphatic heterocycles. The summed E-state index contributed by atoms with van der Waals surface area (Å²) in [4.78, 5) is 14.9. The molecular formula is C11H16N2O3S. The third-order valence-corrected chi connectivity index (χ3v) is 3.64. The summed E-state index contributed by atoms with van der Waals surface area (Å²) in [5, 5.41) is 9.47. The Bertz CT molecular complexity index is 399. The lowest BCUT2D eigenvalue weighted by molar-refractivity contribution is -0.133. The van der Waals surface area contributed by atoms with Crippen LogP contribution in [-0.2, 0) is 16.1 Å². The monoisotopic (exact) mass is 256 g/mol. The van der Waals surface area contributed by atoms with Crippen LogP contribution in [0.2, 0.25) is 0 Å². The highest BCUT2D eigenvalue weighted by Crippen LogP contribution is 2.21. The van der Waals surface area contributed by atoms with Crippen LogP contribution in [-0.4, -0.2) is 39.6 Å². The fourth-order valence-corrected chi connectivity index (χ4v) is 2.66. The first kappa shape index (κ1) is 12.4. The van der Waals surface area contributed by atoms with Crippen LogP contribution in [0.5, 0.6) is 0 Å². The van der Waals surface area contributed by atoms with Crippen LogP contribution >= 0.6 is 11.8 Å². The fourth-order valence-electron chi connectivity index (χ4n) is 1.90. The van der Waals surface area contributed by atoms with Crippen molar-refractivity contribution in [3.63, 3.8) is 0 Å². The second-order valence-electron chi connectivity index (χ2n) is 4.23. The van der Waals surface area contributed by atoms with Gasteiger partial charge in [0.05, 0.1) is 18.1 Å². The molecule has 0 saturated carbocycles. The van der Waals surface area contributed by atoms with Gasteiger partial charge in [-0.3, -0.25) is 4.79 Å². The number of carboxylic acid groups (broad SMARTS) is 1. The van der Waals surface area contributed by atoms with Gasteiger partial charge < -0.3 is 14.4 Å². The summed E-state index contributed by atoms with van der Waals surface area (Å²) in [6.45, 7) is 4.41. The Hall–Kier alpha value is -1.01. The number of rotatable bonds is 5. The topological polar surface area (TPSA) is 64.3 Å². The summed E-state index contributed by atoms with van der Waals surface area (Å²) >= 11 is 1.27. The minimum Gasteiger partial charge on any atom is -0.481 e. The summed E-state index contributed by atoms with van der Waals surface area (Å²) in [6, 6.07) is 0. The van der Waals surface area contributed by atoms with E-state index in [-0.39, 0.29) is 5.75 Å². The predicted octanol–water partition coefficient (Wildman–Crippen LogP) is 1.40. The van der Waals surface area contributed by atoms with Gasteiger partial charge in [0.25, 0.3) is 0 Å². The Morgan fingerprint density at radius 3 is 3.24 bits per heavy atom. The van der Waals surface area contributed by atoms with E-state index in [1.165, 1.54) is 11.8 Å². The number of hydrogen-bond donors (Lipinski definition) is 1. The molecule has 5 nitrogen and oxygen atoms in total. The largest absolute Gasteiger partial charge is 0.481 e. The number of aliphatic carboxylic acids is 1. The molecule has 0 radical (unpaired) electrons. The molecule has 94 valence electrons. The van der Waals surface area contributed by atoms with E-state index in [0.717, 1.165) is 37.0 Å². The third-order valence-electron chi connectivity index (χ3n) is 2.66. The van der Waals surface area contributed by atoms with E-state index in [1.807, 2.05) is 17.7 Å². The summed E-state index contributed by atoms with van der Waals surface area (Å²) in [5.41, 5.74) is 0.928. The lowest BCUT2D eigenvalue weighted by Gasteiger charge is -2.10. The molecule has 1 N–H and O–H groups in total. The molecule has 0 aromatic carbocycles. The summed E-state index contributed by atoms with van der Waals surface area (Å²) in [7, 11) is 0. The van der Waals surface area contributed by atoms with E-state index < -0.39 is 5.97 Å². The Kier molecular flexibility index (Phi) is 4.06. The molecule has 2 rings (SSSR count). The highest BCUT2D eigenvalue weighted by molar-refractivity contribution is 7.99. The maximum Gasteiger partial charge on any atom is 0.313 e. The van der Waals surface area contributed by atoms with Gasteiger partial charge in [-0.1, -0.05) is 11.8 Å². The minimum atomic E-state index is -0.814. The molecule has 1 fully saturated rings. The number of carboxylic acids is 1. The van der Waals surface area contributed by atoms with Crippen LogP contribution < -0.4 is 0 Å². The van der Waals surface area contributed by atoms with Gasteiger partial charge in [-0.2, -0.15) is 0 Å². The van der Waals surface area contributed by atoms with Crippen molar-refractivity contribution in [1.29, 1.82) is 0 Å². The molecule has 1 aromatic heterocycles. The van der Waals surface area contributed by atoms with Gasteiger partial charge >= 0.3 is 5.97 Å². The molecule has 0 amide bonds. The highest BCUT2D eigenvalue weighted by Gasteiger charge is 2.18. The van der Waals surface area contributed by atoms with Crippen molar-refractivity contribution < 1.29 is 14.6 Å². The second-order valence-corrected chi connectivity index (χ2v) is 5.17. The number of imidazole rings is 1. The number of aromatic nitrogens is 2. The van der Waals surface area contributed by atoms with Crippen LogP contribution in [0.15, 0.2) is 11.4 Å². The maximum atomic E-state index is 10.6. The molecule has 2 heterocycles. The highest BCUT2D eigenvalue weighted by atomic mass is 32.2. The second kappa shape index (κ2) is 5.55. The first-order valence-electron chi connectivity index (χ1n) is 5.61. The van der Waals surface area contributed by atoms with Crippen LogP contribution in [0, 0.1) is 12.8 Å². The van der Waals surface area contributed by atoms with E-state index in [4.69, 9.17) is 9.84 Å². The Balaban J connectivity index is 2.01. The molecule has 1 saturated heterocycles. The van der Waals surface area contributed by atoms with Crippen molar-refractivity contribution in [2.24, 2.45) is 5.92 Å². The Morgan fingerprint density at radius 1 is 1.76 bits per heavy atom. The van der Waals surface area contributed by atoms with Gasteiger partial charge in [-0.05, 0) is 13.3 Å².